The summed E-state index contributed by atoms with van der Waals surface area (Å²) < 4.78 is 1.84. The number of carboxylic acids is 1. The molecule has 0 saturated carbocycles. The summed E-state index contributed by atoms with van der Waals surface area (Å²) in [7, 11) is 0. The van der Waals surface area contributed by atoms with E-state index in [9.17, 15) is 4.79 Å². The van der Waals surface area contributed by atoms with Crippen molar-refractivity contribution in [2.75, 3.05) is 13.1 Å². The van der Waals surface area contributed by atoms with E-state index in [1.54, 1.807) is 11.3 Å². The van der Waals surface area contributed by atoms with Gasteiger partial charge in [0.25, 0.3) is 0 Å². The van der Waals surface area contributed by atoms with Gasteiger partial charge in [-0.2, -0.15) is 0 Å². The van der Waals surface area contributed by atoms with Crippen LogP contribution in [0.5, 0.6) is 0 Å². The summed E-state index contributed by atoms with van der Waals surface area (Å²) in [5, 5.41) is 20.5. The predicted molar refractivity (Wildman–Crippen MR) is 107 cm³/mol. The Hall–Kier alpha value is -2.58. The smallest absolute Gasteiger partial charge is 0.309 e. The molecule has 1 N–H and O–H groups in total. The van der Waals surface area contributed by atoms with E-state index >= 15 is 0 Å². The van der Waals surface area contributed by atoms with Crippen LogP contribution in [0.25, 0.3) is 5.69 Å². The Morgan fingerprint density at radius 3 is 2.79 bits per heavy atom. The molecule has 1 aromatic carbocycles. The zero-order valence-electron chi connectivity index (χ0n) is 15.8. The topological polar surface area (TPSA) is 84.1 Å². The van der Waals surface area contributed by atoms with E-state index in [0.29, 0.717) is 11.6 Å². The number of rotatable bonds is 6. The lowest BCUT2D eigenvalue weighted by atomic mass is 9.97. The molecular formula is C20H23N5O2S. The van der Waals surface area contributed by atoms with Gasteiger partial charge >= 0.3 is 5.97 Å². The van der Waals surface area contributed by atoms with Crippen LogP contribution < -0.4 is 0 Å². The molecule has 4 rings (SSSR count). The number of thiazole rings is 1. The van der Waals surface area contributed by atoms with Crippen molar-refractivity contribution in [2.24, 2.45) is 0 Å². The van der Waals surface area contributed by atoms with Gasteiger partial charge in [0.1, 0.15) is 0 Å². The lowest BCUT2D eigenvalue weighted by molar-refractivity contribution is -0.136. The van der Waals surface area contributed by atoms with Gasteiger partial charge in [0, 0.05) is 17.8 Å². The van der Waals surface area contributed by atoms with Crippen LogP contribution in [0.2, 0.25) is 0 Å². The average molecular weight is 398 g/mol. The largest absolute Gasteiger partial charge is 0.481 e. The summed E-state index contributed by atoms with van der Waals surface area (Å²) in [6, 6.07) is 8.15. The quantitative estimate of drug-likeness (QED) is 0.688. The average Bonchev–Trinajstić information content (AvgIpc) is 3.32. The molecule has 0 atom stereocenters. The third kappa shape index (κ3) is 4.28. The summed E-state index contributed by atoms with van der Waals surface area (Å²) in [6.45, 7) is 4.83. The maximum absolute atomic E-state index is 10.8. The predicted octanol–water partition coefficient (Wildman–Crippen LogP) is 3.04. The van der Waals surface area contributed by atoms with Crippen molar-refractivity contribution in [3.63, 3.8) is 0 Å². The Labute approximate surface area is 167 Å². The van der Waals surface area contributed by atoms with Crippen molar-refractivity contribution in [1.29, 1.82) is 0 Å². The van der Waals surface area contributed by atoms with Crippen molar-refractivity contribution in [3.05, 3.63) is 57.8 Å². The molecule has 0 aliphatic carbocycles. The summed E-state index contributed by atoms with van der Waals surface area (Å²) in [5.74, 6) is -0.406. The number of aryl methyl sites for hydroxylation is 1. The molecule has 1 saturated heterocycles. The Bertz CT molecular complexity index is 959. The molecule has 28 heavy (non-hydrogen) atoms. The molecule has 7 nitrogen and oxygen atoms in total. The number of carbonyl (C=O) groups is 1. The number of hydrogen-bond donors (Lipinski definition) is 1. The van der Waals surface area contributed by atoms with Crippen molar-refractivity contribution >= 4 is 17.3 Å². The van der Waals surface area contributed by atoms with E-state index in [-0.39, 0.29) is 6.42 Å². The van der Waals surface area contributed by atoms with Crippen molar-refractivity contribution < 1.29 is 9.90 Å². The lowest BCUT2D eigenvalue weighted by Gasteiger charge is -2.30. The number of likely N-dealkylation sites (tertiary alicyclic amines) is 1. The zero-order valence-corrected chi connectivity index (χ0v) is 16.6. The van der Waals surface area contributed by atoms with E-state index in [4.69, 9.17) is 5.11 Å². The highest BCUT2D eigenvalue weighted by atomic mass is 32.1. The van der Waals surface area contributed by atoms with Gasteiger partial charge in [-0.3, -0.25) is 9.69 Å². The standard InChI is InChI=1S/C20H23N5O2S/c1-14-4-2-3-5-18(14)25-12-17(22-23-25)11-24-8-6-15(7-9-24)20-21-16(13-28-20)10-19(26)27/h2-5,12-13,15H,6-11H2,1H3,(H,26,27). The molecule has 146 valence electrons. The van der Waals surface area contributed by atoms with Gasteiger partial charge in [-0.25, -0.2) is 9.67 Å². The molecule has 3 aromatic rings. The van der Waals surface area contributed by atoms with Crippen LogP contribution in [0.4, 0.5) is 0 Å². The normalized spacial score (nSPS) is 15.8. The molecule has 3 heterocycles. The maximum Gasteiger partial charge on any atom is 0.309 e. The first-order valence-electron chi connectivity index (χ1n) is 9.44. The van der Waals surface area contributed by atoms with E-state index in [0.717, 1.165) is 48.9 Å². The van der Waals surface area contributed by atoms with E-state index in [1.807, 2.05) is 34.5 Å². The third-order valence-electron chi connectivity index (χ3n) is 5.13. The fraction of sp³-hybridized carbons (Fsp3) is 0.400. The molecule has 1 aliphatic rings. The zero-order chi connectivity index (χ0) is 19.5. The van der Waals surface area contributed by atoms with Crippen LogP contribution in [0, 0.1) is 6.92 Å². The number of benzene rings is 1. The number of para-hydroxylation sites is 1. The molecule has 8 heteroatoms. The van der Waals surface area contributed by atoms with Crippen LogP contribution in [-0.4, -0.2) is 49.0 Å². The summed E-state index contributed by atoms with van der Waals surface area (Å²) in [6.07, 6.45) is 4.08. The summed E-state index contributed by atoms with van der Waals surface area (Å²) >= 11 is 1.59. The number of nitrogens with zero attached hydrogens (tertiary/aromatic N) is 5. The van der Waals surface area contributed by atoms with Crippen LogP contribution in [0.1, 0.15) is 40.7 Å². The SMILES string of the molecule is Cc1ccccc1-n1cc(CN2CCC(c3nc(CC(=O)O)cs3)CC2)nn1. The summed E-state index contributed by atoms with van der Waals surface area (Å²) in [4.78, 5) is 17.7. The van der Waals surface area contributed by atoms with Crippen molar-refractivity contribution in [1.82, 2.24) is 24.9 Å². The second kappa shape index (κ2) is 8.20. The lowest BCUT2D eigenvalue weighted by Crippen LogP contribution is -2.32. The van der Waals surface area contributed by atoms with Gasteiger partial charge in [-0.05, 0) is 44.5 Å². The first-order chi connectivity index (χ1) is 13.6. The Balaban J connectivity index is 1.33. The van der Waals surface area contributed by atoms with Gasteiger partial charge in [-0.15, -0.1) is 16.4 Å². The van der Waals surface area contributed by atoms with E-state index in [1.165, 1.54) is 5.56 Å². The number of carboxylic acid groups (broad SMARTS) is 1. The molecule has 1 aliphatic heterocycles. The highest BCUT2D eigenvalue weighted by Crippen LogP contribution is 2.30. The minimum absolute atomic E-state index is 0.00585. The van der Waals surface area contributed by atoms with Gasteiger partial charge < -0.3 is 5.11 Å². The maximum atomic E-state index is 10.8. The molecule has 2 aromatic heterocycles. The third-order valence-corrected chi connectivity index (χ3v) is 6.18. The van der Waals surface area contributed by atoms with Crippen LogP contribution in [-0.2, 0) is 17.8 Å². The molecule has 0 spiro atoms. The Kier molecular flexibility index (Phi) is 5.50. The summed E-state index contributed by atoms with van der Waals surface area (Å²) in [5.41, 5.74) is 3.87. The molecular weight excluding hydrogens is 374 g/mol. The molecule has 1 fully saturated rings. The van der Waals surface area contributed by atoms with E-state index < -0.39 is 5.97 Å². The van der Waals surface area contributed by atoms with Crippen LogP contribution in [0.3, 0.4) is 0 Å². The van der Waals surface area contributed by atoms with Crippen molar-refractivity contribution in [3.8, 4) is 5.69 Å². The van der Waals surface area contributed by atoms with E-state index in [2.05, 4.69) is 33.2 Å². The number of piperidine rings is 1. The number of aromatic nitrogens is 4. The fourth-order valence-corrected chi connectivity index (χ4v) is 4.61. The van der Waals surface area contributed by atoms with Gasteiger partial charge in [0.05, 0.1) is 34.7 Å². The number of aliphatic carboxylic acids is 1. The van der Waals surface area contributed by atoms with Gasteiger partial charge in [0.15, 0.2) is 0 Å². The van der Waals surface area contributed by atoms with Gasteiger partial charge in [-0.1, -0.05) is 23.4 Å². The van der Waals surface area contributed by atoms with Crippen LogP contribution >= 0.6 is 11.3 Å². The van der Waals surface area contributed by atoms with Crippen LogP contribution in [0.15, 0.2) is 35.8 Å². The molecule has 0 unspecified atom stereocenters. The van der Waals surface area contributed by atoms with Crippen molar-refractivity contribution in [2.45, 2.75) is 38.6 Å². The highest BCUT2D eigenvalue weighted by Gasteiger charge is 2.24. The molecule has 0 bridgehead atoms. The second-order valence-corrected chi connectivity index (χ2v) is 8.13. The Morgan fingerprint density at radius 1 is 1.25 bits per heavy atom. The molecule has 0 amide bonds. The number of hydrogen-bond acceptors (Lipinski definition) is 6. The fourth-order valence-electron chi connectivity index (χ4n) is 3.62. The van der Waals surface area contributed by atoms with Gasteiger partial charge in [0.2, 0.25) is 0 Å². The monoisotopic (exact) mass is 397 g/mol. The minimum Gasteiger partial charge on any atom is -0.481 e. The highest BCUT2D eigenvalue weighted by molar-refractivity contribution is 7.09. The first-order valence-corrected chi connectivity index (χ1v) is 10.3. The first kappa shape index (κ1) is 18.8. The Morgan fingerprint density at radius 2 is 2.04 bits per heavy atom. The second-order valence-electron chi connectivity index (χ2n) is 7.24. The molecule has 0 radical (unpaired) electrons. The minimum atomic E-state index is -0.828.